The van der Waals surface area contributed by atoms with Crippen LogP contribution in [0.2, 0.25) is 0 Å². The summed E-state index contributed by atoms with van der Waals surface area (Å²) in [5.41, 5.74) is 1.40. The summed E-state index contributed by atoms with van der Waals surface area (Å²) in [6.45, 7) is 13.1. The number of likely N-dealkylation sites (tertiary alicyclic amines) is 1. The van der Waals surface area contributed by atoms with Gasteiger partial charge in [-0.25, -0.2) is 0 Å². The fraction of sp³-hybridized carbons (Fsp3) is 0.708. The Kier molecular flexibility index (Phi) is 16.0. The molecule has 1 aromatic rings. The molecule has 31 heavy (non-hydrogen) atoms. The lowest BCUT2D eigenvalue weighted by Crippen LogP contribution is -2.49. The number of unbranched alkanes of at least 4 members (excludes halogenated alkanes) is 1. The normalized spacial score (nSPS) is 16.5. The van der Waals surface area contributed by atoms with E-state index < -0.39 is 0 Å². The molecule has 1 atom stereocenters. The zero-order valence-electron chi connectivity index (χ0n) is 19.6. The first kappa shape index (κ1) is 28.1. The number of guanidine groups is 1. The first-order valence-electron chi connectivity index (χ1n) is 11.7. The minimum atomic E-state index is 0. The van der Waals surface area contributed by atoms with Crippen molar-refractivity contribution in [2.75, 3.05) is 52.6 Å². The first-order valence-corrected chi connectivity index (χ1v) is 11.7. The van der Waals surface area contributed by atoms with E-state index in [1.807, 2.05) is 0 Å². The molecule has 0 bridgehead atoms. The molecule has 6 nitrogen and oxygen atoms in total. The fourth-order valence-electron chi connectivity index (χ4n) is 3.68. The molecule has 1 aliphatic heterocycles. The van der Waals surface area contributed by atoms with Gasteiger partial charge in [-0.2, -0.15) is 0 Å². The zero-order valence-corrected chi connectivity index (χ0v) is 22.0. The van der Waals surface area contributed by atoms with Crippen molar-refractivity contribution in [3.05, 3.63) is 35.9 Å². The SMILES string of the molecule is CCCCOCCOCCN=C(NCC)NC1CCN(C(C)c2ccccc2)CC1.I. The molecule has 1 heterocycles. The molecule has 2 N–H and O–H groups in total. The van der Waals surface area contributed by atoms with E-state index >= 15 is 0 Å². The number of nitrogens with one attached hydrogen (secondary N) is 2. The van der Waals surface area contributed by atoms with Gasteiger partial charge < -0.3 is 20.1 Å². The Morgan fingerprint density at radius 1 is 1.06 bits per heavy atom. The van der Waals surface area contributed by atoms with Crippen LogP contribution in [-0.2, 0) is 9.47 Å². The molecule has 1 saturated heterocycles. The first-order chi connectivity index (χ1) is 14.7. The van der Waals surface area contributed by atoms with Gasteiger partial charge in [0.2, 0.25) is 0 Å². The van der Waals surface area contributed by atoms with Crippen LogP contribution in [0.25, 0.3) is 0 Å². The van der Waals surface area contributed by atoms with Gasteiger partial charge in [0.25, 0.3) is 0 Å². The molecule has 178 valence electrons. The minimum absolute atomic E-state index is 0. The molecule has 1 fully saturated rings. The summed E-state index contributed by atoms with van der Waals surface area (Å²) in [7, 11) is 0. The largest absolute Gasteiger partial charge is 0.379 e. The molecule has 2 rings (SSSR count). The van der Waals surface area contributed by atoms with Crippen LogP contribution in [-0.4, -0.2) is 69.5 Å². The van der Waals surface area contributed by atoms with E-state index in [0.717, 1.165) is 51.5 Å². The Labute approximate surface area is 206 Å². The van der Waals surface area contributed by atoms with Crippen molar-refractivity contribution >= 4 is 29.9 Å². The van der Waals surface area contributed by atoms with Gasteiger partial charge in [-0.1, -0.05) is 43.7 Å². The van der Waals surface area contributed by atoms with Crippen LogP contribution >= 0.6 is 24.0 Å². The summed E-state index contributed by atoms with van der Waals surface area (Å²) in [5.74, 6) is 0.898. The highest BCUT2D eigenvalue weighted by atomic mass is 127. The topological polar surface area (TPSA) is 58.1 Å². The van der Waals surface area contributed by atoms with Crippen molar-refractivity contribution in [1.29, 1.82) is 0 Å². The number of ether oxygens (including phenoxy) is 2. The molecule has 1 unspecified atom stereocenters. The highest BCUT2D eigenvalue weighted by Crippen LogP contribution is 2.23. The highest BCUT2D eigenvalue weighted by molar-refractivity contribution is 14.0. The van der Waals surface area contributed by atoms with Crippen molar-refractivity contribution in [1.82, 2.24) is 15.5 Å². The quantitative estimate of drug-likeness (QED) is 0.168. The van der Waals surface area contributed by atoms with Gasteiger partial charge in [-0.05, 0) is 38.7 Å². The highest BCUT2D eigenvalue weighted by Gasteiger charge is 2.23. The second kappa shape index (κ2) is 17.6. The zero-order chi connectivity index (χ0) is 21.4. The third kappa shape index (κ3) is 11.5. The smallest absolute Gasteiger partial charge is 0.191 e. The van der Waals surface area contributed by atoms with Crippen molar-refractivity contribution in [3.63, 3.8) is 0 Å². The minimum Gasteiger partial charge on any atom is -0.379 e. The summed E-state index contributed by atoms with van der Waals surface area (Å²) in [4.78, 5) is 7.25. The Morgan fingerprint density at radius 3 is 2.39 bits per heavy atom. The molecule has 7 heteroatoms. The summed E-state index contributed by atoms with van der Waals surface area (Å²) in [6.07, 6.45) is 4.55. The van der Waals surface area contributed by atoms with E-state index in [4.69, 9.17) is 9.47 Å². The third-order valence-corrected chi connectivity index (χ3v) is 5.56. The Morgan fingerprint density at radius 2 is 1.74 bits per heavy atom. The van der Waals surface area contributed by atoms with Crippen LogP contribution in [0.1, 0.15) is 58.1 Å². The third-order valence-electron chi connectivity index (χ3n) is 5.56. The van der Waals surface area contributed by atoms with Gasteiger partial charge in [0, 0.05) is 38.3 Å². The standard InChI is InChI=1S/C24H42N4O2.HI/c1-4-6-17-29-19-20-30-18-14-26-24(25-5-2)27-23-12-15-28(16-13-23)21(3)22-10-8-7-9-11-22;/h7-11,21,23H,4-6,12-20H2,1-3H3,(H2,25,26,27);1H. The fourth-order valence-corrected chi connectivity index (χ4v) is 3.68. The summed E-state index contributed by atoms with van der Waals surface area (Å²) >= 11 is 0. The van der Waals surface area contributed by atoms with Crippen molar-refractivity contribution < 1.29 is 9.47 Å². The lowest BCUT2D eigenvalue weighted by Gasteiger charge is -2.37. The van der Waals surface area contributed by atoms with Crippen LogP contribution in [0.4, 0.5) is 0 Å². The van der Waals surface area contributed by atoms with Gasteiger partial charge in [-0.15, -0.1) is 24.0 Å². The summed E-state index contributed by atoms with van der Waals surface area (Å²) in [5, 5.41) is 6.97. The van der Waals surface area contributed by atoms with Crippen molar-refractivity contribution in [2.45, 2.75) is 58.5 Å². The maximum absolute atomic E-state index is 5.62. The van der Waals surface area contributed by atoms with E-state index in [1.165, 1.54) is 12.0 Å². The van der Waals surface area contributed by atoms with Crippen molar-refractivity contribution in [3.8, 4) is 0 Å². The van der Waals surface area contributed by atoms with Crippen LogP contribution in [0.5, 0.6) is 0 Å². The molecule has 0 spiro atoms. The lowest BCUT2D eigenvalue weighted by atomic mass is 10.0. The van der Waals surface area contributed by atoms with E-state index in [9.17, 15) is 0 Å². The van der Waals surface area contributed by atoms with E-state index in [0.29, 0.717) is 38.4 Å². The van der Waals surface area contributed by atoms with Gasteiger partial charge in [0.1, 0.15) is 0 Å². The van der Waals surface area contributed by atoms with Gasteiger partial charge in [0.05, 0.1) is 26.4 Å². The van der Waals surface area contributed by atoms with Gasteiger partial charge in [0.15, 0.2) is 5.96 Å². The van der Waals surface area contributed by atoms with E-state index in [2.05, 4.69) is 71.6 Å². The number of piperidine rings is 1. The summed E-state index contributed by atoms with van der Waals surface area (Å²) < 4.78 is 11.1. The number of hydrogen-bond acceptors (Lipinski definition) is 4. The number of halogens is 1. The van der Waals surface area contributed by atoms with E-state index in [-0.39, 0.29) is 24.0 Å². The molecule has 0 amide bonds. The molecule has 0 saturated carbocycles. The average molecular weight is 547 g/mol. The molecule has 1 aromatic carbocycles. The maximum atomic E-state index is 5.62. The Balaban J connectivity index is 0.00000480. The van der Waals surface area contributed by atoms with E-state index in [1.54, 1.807) is 0 Å². The Hall–Kier alpha value is -0.900. The lowest BCUT2D eigenvalue weighted by molar-refractivity contribution is 0.0497. The number of hydrogen-bond donors (Lipinski definition) is 2. The molecule has 0 aliphatic carbocycles. The Bertz CT molecular complexity index is 580. The van der Waals surface area contributed by atoms with Crippen LogP contribution in [0.3, 0.4) is 0 Å². The van der Waals surface area contributed by atoms with Crippen LogP contribution < -0.4 is 10.6 Å². The maximum Gasteiger partial charge on any atom is 0.191 e. The monoisotopic (exact) mass is 546 g/mol. The summed E-state index contributed by atoms with van der Waals surface area (Å²) in [6, 6.07) is 11.7. The predicted molar refractivity (Wildman–Crippen MR) is 141 cm³/mol. The van der Waals surface area contributed by atoms with Crippen LogP contribution in [0.15, 0.2) is 35.3 Å². The molecular weight excluding hydrogens is 503 g/mol. The number of rotatable bonds is 13. The average Bonchev–Trinajstić information content (AvgIpc) is 2.78. The van der Waals surface area contributed by atoms with Gasteiger partial charge in [-0.3, -0.25) is 9.89 Å². The van der Waals surface area contributed by atoms with Gasteiger partial charge >= 0.3 is 0 Å². The van der Waals surface area contributed by atoms with Crippen LogP contribution in [0, 0.1) is 0 Å². The molecule has 0 aromatic heterocycles. The number of aliphatic imine (C=N–C) groups is 1. The second-order valence-electron chi connectivity index (χ2n) is 7.88. The number of nitrogens with zero attached hydrogens (tertiary/aromatic N) is 2. The second-order valence-corrected chi connectivity index (χ2v) is 7.88. The number of benzene rings is 1. The molecule has 0 radical (unpaired) electrons. The molecule has 1 aliphatic rings. The van der Waals surface area contributed by atoms with Crippen molar-refractivity contribution in [2.24, 2.45) is 4.99 Å². The molecular formula is C24H43IN4O2. The predicted octanol–water partition coefficient (Wildman–Crippen LogP) is 4.22.